The molecule has 0 aromatic heterocycles. The zero-order chi connectivity index (χ0) is 25.5. The highest BCUT2D eigenvalue weighted by Crippen LogP contribution is 2.33. The van der Waals surface area contributed by atoms with Gasteiger partial charge >= 0.3 is 0 Å². The molecule has 186 valence electrons. The molecule has 0 saturated heterocycles. The van der Waals surface area contributed by atoms with Crippen LogP contribution in [-0.4, -0.2) is 57.1 Å². The molecule has 0 saturated carbocycles. The molecule has 1 unspecified atom stereocenters. The molecule has 1 atom stereocenters. The quantitative estimate of drug-likeness (QED) is 0.500. The third-order valence-electron chi connectivity index (χ3n) is 5.10. The second-order valence-electron chi connectivity index (χ2n) is 8.18. The van der Waals surface area contributed by atoms with Gasteiger partial charge in [-0.2, -0.15) is 0 Å². The van der Waals surface area contributed by atoms with E-state index in [0.717, 1.165) is 16.1 Å². The Morgan fingerprint density at radius 3 is 2.29 bits per heavy atom. The van der Waals surface area contributed by atoms with E-state index < -0.39 is 28.5 Å². The highest BCUT2D eigenvalue weighted by Gasteiger charge is 2.32. The Labute approximate surface area is 206 Å². The molecule has 2 aromatic rings. The van der Waals surface area contributed by atoms with Crippen molar-refractivity contribution in [3.05, 3.63) is 59.1 Å². The largest absolute Gasteiger partial charge is 0.495 e. The second kappa shape index (κ2) is 12.1. The van der Waals surface area contributed by atoms with Crippen LogP contribution in [0.5, 0.6) is 5.75 Å². The van der Waals surface area contributed by atoms with E-state index in [4.69, 9.17) is 16.3 Å². The molecule has 0 aliphatic heterocycles. The number of nitrogens with one attached hydrogen (secondary N) is 1. The Kier molecular flexibility index (Phi) is 9.76. The third-order valence-corrected chi connectivity index (χ3v) is 6.46. The van der Waals surface area contributed by atoms with E-state index in [2.05, 4.69) is 5.32 Å². The van der Waals surface area contributed by atoms with E-state index in [-0.39, 0.29) is 29.9 Å². The Morgan fingerprint density at radius 1 is 1.12 bits per heavy atom. The van der Waals surface area contributed by atoms with E-state index in [0.29, 0.717) is 11.4 Å². The molecular weight excluding hydrogens is 478 g/mol. The topological polar surface area (TPSA) is 96.0 Å². The number of amides is 2. The molecule has 0 heterocycles. The van der Waals surface area contributed by atoms with Gasteiger partial charge in [-0.15, -0.1) is 0 Å². The zero-order valence-electron chi connectivity index (χ0n) is 20.1. The van der Waals surface area contributed by atoms with Gasteiger partial charge in [-0.1, -0.05) is 48.9 Å². The third kappa shape index (κ3) is 7.36. The number of rotatable bonds is 11. The smallest absolute Gasteiger partial charge is 0.244 e. The minimum absolute atomic E-state index is 0.113. The number of hydrogen-bond acceptors (Lipinski definition) is 5. The molecule has 0 aliphatic carbocycles. The van der Waals surface area contributed by atoms with Crippen molar-refractivity contribution < 1.29 is 22.7 Å². The molecule has 0 spiro atoms. The molecule has 8 nitrogen and oxygen atoms in total. The number of ether oxygens (including phenoxy) is 1. The van der Waals surface area contributed by atoms with Crippen molar-refractivity contribution in [3.8, 4) is 5.75 Å². The zero-order valence-corrected chi connectivity index (χ0v) is 21.7. The second-order valence-corrected chi connectivity index (χ2v) is 10.5. The maximum atomic E-state index is 13.6. The summed E-state index contributed by atoms with van der Waals surface area (Å²) in [4.78, 5) is 28.0. The lowest BCUT2D eigenvalue weighted by atomic mass is 10.1. The molecular formula is C24H32ClN3O5S. The maximum absolute atomic E-state index is 13.6. The summed E-state index contributed by atoms with van der Waals surface area (Å²) < 4.78 is 31.7. The number of anilines is 1. The van der Waals surface area contributed by atoms with Crippen molar-refractivity contribution in [2.24, 2.45) is 0 Å². The number of methoxy groups -OCH3 is 1. The number of sulfonamides is 1. The van der Waals surface area contributed by atoms with Gasteiger partial charge in [-0.05, 0) is 44.0 Å². The van der Waals surface area contributed by atoms with Crippen LogP contribution in [0.3, 0.4) is 0 Å². The molecule has 0 radical (unpaired) electrons. The fourth-order valence-electron chi connectivity index (χ4n) is 3.53. The lowest BCUT2D eigenvalue weighted by Gasteiger charge is -2.33. The number of halogens is 1. The van der Waals surface area contributed by atoms with E-state index in [1.807, 2.05) is 51.1 Å². The minimum atomic E-state index is -3.89. The van der Waals surface area contributed by atoms with Crippen LogP contribution < -0.4 is 14.4 Å². The number of nitrogens with zero attached hydrogens (tertiary/aromatic N) is 2. The molecule has 0 aliphatic rings. The van der Waals surface area contributed by atoms with Crippen LogP contribution >= 0.6 is 11.6 Å². The van der Waals surface area contributed by atoms with E-state index in [9.17, 15) is 18.0 Å². The van der Waals surface area contributed by atoms with Crippen LogP contribution in [0.15, 0.2) is 48.5 Å². The maximum Gasteiger partial charge on any atom is 0.244 e. The minimum Gasteiger partial charge on any atom is -0.495 e. The lowest BCUT2D eigenvalue weighted by Crippen LogP contribution is -2.53. The highest BCUT2D eigenvalue weighted by molar-refractivity contribution is 7.92. The van der Waals surface area contributed by atoms with Crippen molar-refractivity contribution >= 4 is 39.1 Å². The molecule has 2 rings (SSSR count). The van der Waals surface area contributed by atoms with Gasteiger partial charge in [0, 0.05) is 17.6 Å². The molecule has 2 amide bonds. The number of hydrogen-bond donors (Lipinski definition) is 1. The summed E-state index contributed by atoms with van der Waals surface area (Å²) in [7, 11) is -2.49. The van der Waals surface area contributed by atoms with Crippen molar-refractivity contribution in [1.29, 1.82) is 0 Å². The Bertz CT molecular complexity index is 1090. The van der Waals surface area contributed by atoms with Gasteiger partial charge in [0.25, 0.3) is 0 Å². The summed E-state index contributed by atoms with van der Waals surface area (Å²) in [5, 5.41) is 3.15. The summed E-state index contributed by atoms with van der Waals surface area (Å²) in [5.41, 5.74) is 0.961. The molecule has 2 aromatic carbocycles. The predicted molar refractivity (Wildman–Crippen MR) is 135 cm³/mol. The fourth-order valence-corrected chi connectivity index (χ4v) is 4.54. The standard InChI is InChI=1S/C24H32ClN3O5S/c1-6-20(24(30)26-17(2)3)27(15-18-10-8-7-9-11-18)23(29)16-28(34(5,31)32)21-14-19(25)12-13-22(21)33-4/h7-14,17,20H,6,15-16H2,1-5H3,(H,26,30). The fraction of sp³-hybridized carbons (Fsp3) is 0.417. The number of benzene rings is 2. The molecule has 1 N–H and O–H groups in total. The highest BCUT2D eigenvalue weighted by atomic mass is 35.5. The summed E-state index contributed by atoms with van der Waals surface area (Å²) >= 11 is 6.11. The van der Waals surface area contributed by atoms with Crippen LogP contribution in [0, 0.1) is 0 Å². The average Bonchev–Trinajstić information content (AvgIpc) is 2.76. The van der Waals surface area contributed by atoms with Gasteiger partial charge in [0.2, 0.25) is 21.8 Å². The summed E-state index contributed by atoms with van der Waals surface area (Å²) in [6, 6.07) is 12.9. The van der Waals surface area contributed by atoms with E-state index in [1.54, 1.807) is 6.07 Å². The van der Waals surface area contributed by atoms with Crippen LogP contribution in [0.4, 0.5) is 5.69 Å². The molecule has 0 bridgehead atoms. The summed E-state index contributed by atoms with van der Waals surface area (Å²) in [6.07, 6.45) is 1.36. The number of carbonyl (C=O) groups is 2. The number of carbonyl (C=O) groups excluding carboxylic acids is 2. The SMILES string of the molecule is CCC(C(=O)NC(C)C)N(Cc1ccccc1)C(=O)CN(c1cc(Cl)ccc1OC)S(C)(=O)=O. The van der Waals surface area contributed by atoms with Crippen molar-refractivity contribution in [2.75, 3.05) is 24.2 Å². The monoisotopic (exact) mass is 509 g/mol. The van der Waals surface area contributed by atoms with Gasteiger partial charge < -0.3 is 15.0 Å². The van der Waals surface area contributed by atoms with Crippen molar-refractivity contribution in [1.82, 2.24) is 10.2 Å². The van der Waals surface area contributed by atoms with Gasteiger partial charge in [0.05, 0.1) is 19.1 Å². The normalized spacial score (nSPS) is 12.2. The molecule has 0 fully saturated rings. The van der Waals surface area contributed by atoms with Gasteiger partial charge in [0.15, 0.2) is 0 Å². The molecule has 34 heavy (non-hydrogen) atoms. The summed E-state index contributed by atoms with van der Waals surface area (Å²) in [5.74, 6) is -0.572. The predicted octanol–water partition coefficient (Wildman–Crippen LogP) is 3.45. The average molecular weight is 510 g/mol. The Balaban J connectivity index is 2.49. The van der Waals surface area contributed by atoms with E-state index >= 15 is 0 Å². The van der Waals surface area contributed by atoms with E-state index in [1.165, 1.54) is 24.1 Å². The Morgan fingerprint density at radius 2 is 1.76 bits per heavy atom. The first-order valence-electron chi connectivity index (χ1n) is 10.9. The first kappa shape index (κ1) is 27.5. The Hall–Kier alpha value is -2.78. The lowest BCUT2D eigenvalue weighted by molar-refractivity contribution is -0.140. The van der Waals surface area contributed by atoms with Crippen molar-refractivity contribution in [2.45, 2.75) is 45.8 Å². The first-order chi connectivity index (χ1) is 16.0. The van der Waals surface area contributed by atoms with Gasteiger partial charge in [-0.25, -0.2) is 8.42 Å². The first-order valence-corrected chi connectivity index (χ1v) is 13.2. The summed E-state index contributed by atoms with van der Waals surface area (Å²) in [6.45, 7) is 5.11. The van der Waals surface area contributed by atoms with Gasteiger partial charge in [0.1, 0.15) is 18.3 Å². The van der Waals surface area contributed by atoms with Crippen molar-refractivity contribution in [3.63, 3.8) is 0 Å². The van der Waals surface area contributed by atoms with Crippen LogP contribution in [-0.2, 0) is 26.2 Å². The van der Waals surface area contributed by atoms with Crippen LogP contribution in [0.2, 0.25) is 5.02 Å². The van der Waals surface area contributed by atoms with Crippen LogP contribution in [0.25, 0.3) is 0 Å². The van der Waals surface area contributed by atoms with Gasteiger partial charge in [-0.3, -0.25) is 13.9 Å². The molecule has 10 heteroatoms. The van der Waals surface area contributed by atoms with Crippen LogP contribution in [0.1, 0.15) is 32.8 Å².